The molecule has 0 spiro atoms. The highest BCUT2D eigenvalue weighted by Gasteiger charge is 2.12. The molecule has 0 heterocycles. The molecular weight excluding hydrogens is 296 g/mol. The van der Waals surface area contributed by atoms with Gasteiger partial charge in [0.2, 0.25) is 0 Å². The van der Waals surface area contributed by atoms with Crippen LogP contribution < -0.4 is 0 Å². The van der Waals surface area contributed by atoms with E-state index in [1.807, 2.05) is 11.8 Å². The zero-order valence-electron chi connectivity index (χ0n) is 13.7. The van der Waals surface area contributed by atoms with Crippen LogP contribution in [0.5, 0.6) is 0 Å². The molecule has 3 aromatic carbocycles. The molecule has 0 unspecified atom stereocenters. The van der Waals surface area contributed by atoms with Gasteiger partial charge in [0.15, 0.2) is 0 Å². The minimum atomic E-state index is 0.648. The molecule has 0 aromatic heterocycles. The SMILES string of the molecule is CC(C)Cc1cccc(Sc2ccccc2)c1-c1ccccc1. The zero-order valence-corrected chi connectivity index (χ0v) is 14.5. The van der Waals surface area contributed by atoms with Crippen LogP contribution in [-0.4, -0.2) is 0 Å². The molecule has 0 nitrogen and oxygen atoms in total. The highest BCUT2D eigenvalue weighted by Crippen LogP contribution is 2.38. The molecule has 0 radical (unpaired) electrons. The van der Waals surface area contributed by atoms with Crippen LogP contribution in [0.15, 0.2) is 88.7 Å². The van der Waals surface area contributed by atoms with Crippen molar-refractivity contribution in [1.82, 2.24) is 0 Å². The molecule has 0 aliphatic rings. The molecule has 0 bridgehead atoms. The van der Waals surface area contributed by atoms with Gasteiger partial charge in [-0.05, 0) is 47.2 Å². The fourth-order valence-corrected chi connectivity index (χ4v) is 3.86. The standard InChI is InChI=1S/C22H22S/c1-17(2)16-19-12-9-15-21(23-20-13-7-4-8-14-20)22(19)18-10-5-3-6-11-18/h3-15,17H,16H2,1-2H3. The third-order valence-corrected chi connectivity index (χ3v) is 4.84. The van der Waals surface area contributed by atoms with Crippen molar-refractivity contribution in [2.24, 2.45) is 5.92 Å². The monoisotopic (exact) mass is 318 g/mol. The molecule has 0 fully saturated rings. The second-order valence-corrected chi connectivity index (χ2v) is 7.28. The largest absolute Gasteiger partial charge is 0.0894 e. The first-order valence-electron chi connectivity index (χ1n) is 8.14. The van der Waals surface area contributed by atoms with Gasteiger partial charge in [0.25, 0.3) is 0 Å². The lowest BCUT2D eigenvalue weighted by Crippen LogP contribution is -1.98. The highest BCUT2D eigenvalue weighted by atomic mass is 32.2. The Balaban J connectivity index is 2.08. The van der Waals surface area contributed by atoms with Crippen LogP contribution >= 0.6 is 11.8 Å². The van der Waals surface area contributed by atoms with E-state index in [2.05, 4.69) is 92.7 Å². The maximum atomic E-state index is 2.28. The summed E-state index contributed by atoms with van der Waals surface area (Å²) in [5.74, 6) is 0.648. The minimum Gasteiger partial charge on any atom is -0.0894 e. The first-order chi connectivity index (χ1) is 11.2. The fraction of sp³-hybridized carbons (Fsp3) is 0.182. The summed E-state index contributed by atoms with van der Waals surface area (Å²) < 4.78 is 0. The Morgan fingerprint density at radius 2 is 1.39 bits per heavy atom. The van der Waals surface area contributed by atoms with E-state index in [1.165, 1.54) is 26.5 Å². The van der Waals surface area contributed by atoms with Crippen molar-refractivity contribution < 1.29 is 0 Å². The maximum absolute atomic E-state index is 2.28. The summed E-state index contributed by atoms with van der Waals surface area (Å²) in [4.78, 5) is 2.62. The van der Waals surface area contributed by atoms with Gasteiger partial charge >= 0.3 is 0 Å². The maximum Gasteiger partial charge on any atom is 0.0203 e. The lowest BCUT2D eigenvalue weighted by Gasteiger charge is -2.16. The second kappa shape index (κ2) is 7.52. The van der Waals surface area contributed by atoms with E-state index < -0.39 is 0 Å². The summed E-state index contributed by atoms with van der Waals surface area (Å²) in [6.45, 7) is 4.57. The topological polar surface area (TPSA) is 0 Å². The van der Waals surface area contributed by atoms with E-state index in [-0.39, 0.29) is 0 Å². The number of rotatable bonds is 5. The van der Waals surface area contributed by atoms with Crippen molar-refractivity contribution in [1.29, 1.82) is 0 Å². The van der Waals surface area contributed by atoms with Crippen LogP contribution in [0.4, 0.5) is 0 Å². The quantitative estimate of drug-likeness (QED) is 0.504. The molecule has 0 atom stereocenters. The molecule has 1 heteroatoms. The summed E-state index contributed by atoms with van der Waals surface area (Å²) in [6, 6.07) is 28.1. The van der Waals surface area contributed by atoms with Crippen LogP contribution in [0.3, 0.4) is 0 Å². The van der Waals surface area contributed by atoms with Crippen LogP contribution in [0.2, 0.25) is 0 Å². The average Bonchev–Trinajstić information content (AvgIpc) is 2.56. The Labute approximate surface area is 143 Å². The number of hydrogen-bond acceptors (Lipinski definition) is 1. The summed E-state index contributed by atoms with van der Waals surface area (Å²) in [7, 11) is 0. The first kappa shape index (κ1) is 15.9. The molecule has 3 rings (SSSR count). The lowest BCUT2D eigenvalue weighted by molar-refractivity contribution is 0.647. The van der Waals surface area contributed by atoms with Gasteiger partial charge in [-0.1, -0.05) is 86.3 Å². The van der Waals surface area contributed by atoms with E-state index >= 15 is 0 Å². The van der Waals surface area contributed by atoms with Gasteiger partial charge in [0.1, 0.15) is 0 Å². The third-order valence-electron chi connectivity index (χ3n) is 3.77. The summed E-state index contributed by atoms with van der Waals surface area (Å²) in [6.07, 6.45) is 1.10. The average molecular weight is 318 g/mol. The lowest BCUT2D eigenvalue weighted by atomic mass is 9.94. The minimum absolute atomic E-state index is 0.648. The Kier molecular flexibility index (Phi) is 5.19. The van der Waals surface area contributed by atoms with Gasteiger partial charge in [0.05, 0.1) is 0 Å². The number of hydrogen-bond donors (Lipinski definition) is 0. The molecule has 0 aliphatic carbocycles. The summed E-state index contributed by atoms with van der Waals surface area (Å²) in [5, 5.41) is 0. The van der Waals surface area contributed by atoms with Gasteiger partial charge in [-0.3, -0.25) is 0 Å². The smallest absolute Gasteiger partial charge is 0.0203 e. The van der Waals surface area contributed by atoms with Gasteiger partial charge in [-0.25, -0.2) is 0 Å². The zero-order chi connectivity index (χ0) is 16.1. The normalized spacial score (nSPS) is 10.9. The Bertz CT molecular complexity index is 745. The molecule has 0 N–H and O–H groups in total. The van der Waals surface area contributed by atoms with Gasteiger partial charge in [-0.2, -0.15) is 0 Å². The van der Waals surface area contributed by atoms with Crippen molar-refractivity contribution >= 4 is 11.8 Å². The second-order valence-electron chi connectivity index (χ2n) is 6.17. The summed E-state index contributed by atoms with van der Waals surface area (Å²) >= 11 is 1.85. The first-order valence-corrected chi connectivity index (χ1v) is 8.96. The van der Waals surface area contributed by atoms with Crippen LogP contribution in [0.25, 0.3) is 11.1 Å². The van der Waals surface area contributed by atoms with E-state index in [0.29, 0.717) is 5.92 Å². The van der Waals surface area contributed by atoms with Crippen LogP contribution in [0.1, 0.15) is 19.4 Å². The van der Waals surface area contributed by atoms with Gasteiger partial charge in [0, 0.05) is 9.79 Å². The fourth-order valence-electron chi connectivity index (χ4n) is 2.82. The van der Waals surface area contributed by atoms with E-state index in [4.69, 9.17) is 0 Å². The predicted octanol–water partition coefficient (Wildman–Crippen LogP) is 6.70. The van der Waals surface area contributed by atoms with Crippen molar-refractivity contribution in [3.05, 3.63) is 84.4 Å². The van der Waals surface area contributed by atoms with Crippen molar-refractivity contribution in [2.75, 3.05) is 0 Å². The molecule has 0 amide bonds. The van der Waals surface area contributed by atoms with Crippen molar-refractivity contribution in [3.63, 3.8) is 0 Å². The van der Waals surface area contributed by atoms with E-state index in [0.717, 1.165) is 6.42 Å². The number of benzene rings is 3. The Morgan fingerprint density at radius 3 is 2.04 bits per heavy atom. The Hall–Kier alpha value is -1.99. The summed E-state index contributed by atoms with van der Waals surface area (Å²) in [5.41, 5.74) is 4.13. The molecular formula is C22H22S. The highest BCUT2D eigenvalue weighted by molar-refractivity contribution is 7.99. The molecule has 23 heavy (non-hydrogen) atoms. The molecule has 0 saturated heterocycles. The van der Waals surface area contributed by atoms with E-state index in [9.17, 15) is 0 Å². The van der Waals surface area contributed by atoms with Crippen LogP contribution in [-0.2, 0) is 6.42 Å². The molecule has 116 valence electrons. The third kappa shape index (κ3) is 4.05. The van der Waals surface area contributed by atoms with Crippen molar-refractivity contribution in [3.8, 4) is 11.1 Å². The van der Waals surface area contributed by atoms with Crippen molar-refractivity contribution in [2.45, 2.75) is 30.1 Å². The molecule has 0 saturated carbocycles. The molecule has 3 aromatic rings. The molecule has 0 aliphatic heterocycles. The van der Waals surface area contributed by atoms with Crippen LogP contribution in [0, 0.1) is 5.92 Å². The van der Waals surface area contributed by atoms with E-state index in [1.54, 1.807) is 0 Å². The Morgan fingerprint density at radius 1 is 0.739 bits per heavy atom. The van der Waals surface area contributed by atoms with Gasteiger partial charge in [-0.15, -0.1) is 0 Å². The predicted molar refractivity (Wildman–Crippen MR) is 101 cm³/mol. The van der Waals surface area contributed by atoms with Gasteiger partial charge < -0.3 is 0 Å².